The predicted molar refractivity (Wildman–Crippen MR) is 92.6 cm³/mol. The summed E-state index contributed by atoms with van der Waals surface area (Å²) < 4.78 is 0. The molecule has 3 aliphatic heterocycles. The maximum Gasteiger partial charge on any atom is 0.262 e. The molecule has 0 saturated carbocycles. The van der Waals surface area contributed by atoms with Gasteiger partial charge in [-0.25, -0.2) is 0 Å². The van der Waals surface area contributed by atoms with E-state index >= 15 is 0 Å². The minimum Gasteiger partial charge on any atom is -0.385 e. The molecule has 2 saturated heterocycles. The Labute approximate surface area is 150 Å². The van der Waals surface area contributed by atoms with Crippen LogP contribution in [0.5, 0.6) is 0 Å². The van der Waals surface area contributed by atoms with Crippen LogP contribution in [0.1, 0.15) is 40.0 Å². The molecule has 1 aromatic rings. The van der Waals surface area contributed by atoms with Gasteiger partial charge in [-0.05, 0) is 50.0 Å². The van der Waals surface area contributed by atoms with E-state index in [1.165, 1.54) is 0 Å². The van der Waals surface area contributed by atoms with E-state index in [0.717, 1.165) is 36.6 Å². The third kappa shape index (κ3) is 2.86. The number of imide groups is 2. The van der Waals surface area contributed by atoms with Crippen molar-refractivity contribution in [2.45, 2.75) is 25.3 Å². The van der Waals surface area contributed by atoms with E-state index in [2.05, 4.69) is 16.0 Å². The fourth-order valence-electron chi connectivity index (χ4n) is 3.73. The lowest BCUT2D eigenvalue weighted by atomic mass is 10.0. The number of amides is 4. The monoisotopic (exact) mass is 356 g/mol. The third-order valence-corrected chi connectivity index (χ3v) is 5.20. The molecule has 0 radical (unpaired) electrons. The molecular weight excluding hydrogens is 336 g/mol. The molecule has 4 rings (SSSR count). The van der Waals surface area contributed by atoms with Crippen molar-refractivity contribution in [2.75, 3.05) is 25.0 Å². The highest BCUT2D eigenvalue weighted by Crippen LogP contribution is 2.29. The lowest BCUT2D eigenvalue weighted by Crippen LogP contribution is -2.54. The van der Waals surface area contributed by atoms with E-state index in [1.807, 2.05) is 0 Å². The second kappa shape index (κ2) is 6.53. The minimum absolute atomic E-state index is 0.117. The summed E-state index contributed by atoms with van der Waals surface area (Å²) in [5, 5.41) is 8.81. The predicted octanol–water partition coefficient (Wildman–Crippen LogP) is 0.109. The van der Waals surface area contributed by atoms with Crippen LogP contribution in [0.3, 0.4) is 0 Å². The van der Waals surface area contributed by atoms with Gasteiger partial charge >= 0.3 is 0 Å². The van der Waals surface area contributed by atoms with E-state index in [4.69, 9.17) is 0 Å². The van der Waals surface area contributed by atoms with Gasteiger partial charge in [0.1, 0.15) is 6.04 Å². The molecule has 3 aliphatic rings. The Morgan fingerprint density at radius 3 is 2.62 bits per heavy atom. The third-order valence-electron chi connectivity index (χ3n) is 5.20. The number of rotatable bonds is 4. The van der Waals surface area contributed by atoms with Gasteiger partial charge in [0, 0.05) is 18.7 Å². The Morgan fingerprint density at radius 2 is 1.88 bits per heavy atom. The van der Waals surface area contributed by atoms with Gasteiger partial charge in [-0.15, -0.1) is 0 Å². The zero-order chi connectivity index (χ0) is 18.3. The number of hydrogen-bond donors (Lipinski definition) is 3. The molecular formula is C18H20N4O4. The maximum atomic E-state index is 12.7. The molecule has 2 fully saturated rings. The summed E-state index contributed by atoms with van der Waals surface area (Å²) in [4.78, 5) is 49.7. The van der Waals surface area contributed by atoms with Gasteiger partial charge in [-0.1, -0.05) is 0 Å². The second-order valence-corrected chi connectivity index (χ2v) is 6.95. The summed E-state index contributed by atoms with van der Waals surface area (Å²) in [5.74, 6) is -1.39. The van der Waals surface area contributed by atoms with Crippen LogP contribution in [0.25, 0.3) is 0 Å². The fraction of sp³-hybridized carbons (Fsp3) is 0.444. The number of nitrogens with zero attached hydrogens (tertiary/aromatic N) is 1. The Hall–Kier alpha value is -2.74. The number of fused-ring (bicyclic) bond motifs is 1. The molecule has 3 N–H and O–H groups in total. The molecule has 1 unspecified atom stereocenters. The average Bonchev–Trinajstić information content (AvgIpc) is 3.22. The summed E-state index contributed by atoms with van der Waals surface area (Å²) in [5.41, 5.74) is 1.38. The van der Waals surface area contributed by atoms with Gasteiger partial charge in [0.15, 0.2) is 0 Å². The summed E-state index contributed by atoms with van der Waals surface area (Å²) in [6.45, 7) is 2.79. The average molecular weight is 356 g/mol. The zero-order valence-electron chi connectivity index (χ0n) is 14.2. The Balaban J connectivity index is 1.52. The first-order chi connectivity index (χ1) is 12.5. The Bertz CT molecular complexity index is 800. The molecule has 8 nitrogen and oxygen atoms in total. The normalized spacial score (nSPS) is 25.5. The zero-order valence-corrected chi connectivity index (χ0v) is 14.2. The number of anilines is 1. The van der Waals surface area contributed by atoms with Gasteiger partial charge in [0.2, 0.25) is 11.8 Å². The van der Waals surface area contributed by atoms with Gasteiger partial charge in [0.05, 0.1) is 11.1 Å². The first-order valence-corrected chi connectivity index (χ1v) is 8.85. The molecule has 3 heterocycles. The molecule has 136 valence electrons. The van der Waals surface area contributed by atoms with Gasteiger partial charge in [-0.3, -0.25) is 29.4 Å². The van der Waals surface area contributed by atoms with Crippen LogP contribution in [0.15, 0.2) is 18.2 Å². The van der Waals surface area contributed by atoms with Crippen LogP contribution >= 0.6 is 0 Å². The lowest BCUT2D eigenvalue weighted by Gasteiger charge is -2.27. The fourth-order valence-corrected chi connectivity index (χ4v) is 3.73. The number of carbonyl (C=O) groups excluding carboxylic acids is 4. The van der Waals surface area contributed by atoms with Crippen LogP contribution in [0.2, 0.25) is 0 Å². The molecule has 0 spiro atoms. The molecule has 0 aromatic heterocycles. The van der Waals surface area contributed by atoms with E-state index in [-0.39, 0.29) is 18.7 Å². The minimum atomic E-state index is -0.930. The van der Waals surface area contributed by atoms with E-state index in [0.29, 0.717) is 17.0 Å². The van der Waals surface area contributed by atoms with Crippen molar-refractivity contribution in [1.82, 2.24) is 15.5 Å². The first kappa shape index (κ1) is 16.7. The summed E-state index contributed by atoms with van der Waals surface area (Å²) in [6, 6.07) is 4.14. The highest BCUT2D eigenvalue weighted by atomic mass is 16.2. The molecule has 4 amide bonds. The Morgan fingerprint density at radius 1 is 1.08 bits per heavy atom. The molecule has 0 bridgehead atoms. The summed E-state index contributed by atoms with van der Waals surface area (Å²) >= 11 is 0. The number of carbonyl (C=O) groups is 4. The number of piperidine rings is 1. The lowest BCUT2D eigenvalue weighted by molar-refractivity contribution is -0.136. The van der Waals surface area contributed by atoms with Crippen LogP contribution in [-0.2, 0) is 9.59 Å². The summed E-state index contributed by atoms with van der Waals surface area (Å²) in [6.07, 6.45) is 1.39. The maximum absolute atomic E-state index is 12.7. The molecule has 26 heavy (non-hydrogen) atoms. The van der Waals surface area contributed by atoms with Crippen molar-refractivity contribution in [1.29, 1.82) is 0 Å². The largest absolute Gasteiger partial charge is 0.385 e. The van der Waals surface area contributed by atoms with E-state index in [1.54, 1.807) is 18.2 Å². The van der Waals surface area contributed by atoms with Crippen molar-refractivity contribution in [3.63, 3.8) is 0 Å². The molecule has 1 aromatic carbocycles. The van der Waals surface area contributed by atoms with Crippen LogP contribution in [-0.4, -0.2) is 54.2 Å². The van der Waals surface area contributed by atoms with Gasteiger partial charge in [-0.2, -0.15) is 0 Å². The van der Waals surface area contributed by atoms with Gasteiger partial charge in [0.25, 0.3) is 11.8 Å². The van der Waals surface area contributed by atoms with Crippen LogP contribution < -0.4 is 16.0 Å². The number of hydrogen-bond acceptors (Lipinski definition) is 6. The molecule has 0 aliphatic carbocycles. The van der Waals surface area contributed by atoms with Crippen molar-refractivity contribution < 1.29 is 19.2 Å². The smallest absolute Gasteiger partial charge is 0.262 e. The highest BCUT2D eigenvalue weighted by Gasteiger charge is 2.44. The summed E-state index contributed by atoms with van der Waals surface area (Å²) in [7, 11) is 0. The second-order valence-electron chi connectivity index (χ2n) is 6.95. The topological polar surface area (TPSA) is 108 Å². The van der Waals surface area contributed by atoms with E-state index < -0.39 is 23.8 Å². The highest BCUT2D eigenvalue weighted by molar-refractivity contribution is 6.23. The molecule has 8 heteroatoms. The quantitative estimate of drug-likeness (QED) is 0.661. The van der Waals surface area contributed by atoms with Crippen LogP contribution in [0, 0.1) is 5.92 Å². The number of benzene rings is 1. The standard InChI is InChI=1S/C18H20N4O4/c23-15-4-3-14(16(24)21-15)22-17(25)12-2-1-11(7-13(12)18(22)26)20-9-10-5-6-19-8-10/h1-2,7,10,14,19-20H,3-6,8-9H2,(H,21,23,24)/t10-,14?/m0/s1. The van der Waals surface area contributed by atoms with Crippen molar-refractivity contribution in [3.05, 3.63) is 29.3 Å². The van der Waals surface area contributed by atoms with Gasteiger partial charge < -0.3 is 10.6 Å². The van der Waals surface area contributed by atoms with Crippen molar-refractivity contribution in [3.8, 4) is 0 Å². The first-order valence-electron chi connectivity index (χ1n) is 8.85. The van der Waals surface area contributed by atoms with Crippen molar-refractivity contribution >= 4 is 29.3 Å². The van der Waals surface area contributed by atoms with Crippen molar-refractivity contribution in [2.24, 2.45) is 5.92 Å². The molecule has 2 atom stereocenters. The Kier molecular flexibility index (Phi) is 4.20. The number of nitrogens with one attached hydrogen (secondary N) is 3. The van der Waals surface area contributed by atoms with Crippen LogP contribution in [0.4, 0.5) is 5.69 Å². The SMILES string of the molecule is O=C1CCC(N2C(=O)c3ccc(NC[C@H]4CCNC4)cc3C2=O)C(=O)N1. The van der Waals surface area contributed by atoms with E-state index in [9.17, 15) is 19.2 Å².